The lowest BCUT2D eigenvalue weighted by molar-refractivity contribution is 0.139. The molecule has 102 valence electrons. The minimum Gasteiger partial charge on any atom is -0.313 e. The van der Waals surface area contributed by atoms with Crippen molar-refractivity contribution in [2.24, 2.45) is 0 Å². The Morgan fingerprint density at radius 2 is 2.06 bits per heavy atom. The van der Waals surface area contributed by atoms with Crippen LogP contribution in [-0.2, 0) is 0 Å². The Morgan fingerprint density at radius 3 is 2.76 bits per heavy atom. The lowest BCUT2D eigenvalue weighted by Crippen LogP contribution is -2.44. The van der Waals surface area contributed by atoms with Crippen molar-refractivity contribution in [3.05, 3.63) is 0 Å². The highest BCUT2D eigenvalue weighted by Gasteiger charge is 2.20. The summed E-state index contributed by atoms with van der Waals surface area (Å²) in [6, 6.07) is 1.56. The van der Waals surface area contributed by atoms with Crippen molar-refractivity contribution in [2.75, 3.05) is 19.6 Å². The highest BCUT2D eigenvalue weighted by Crippen LogP contribution is 2.20. The Labute approximate surface area is 108 Å². The fourth-order valence-corrected chi connectivity index (χ4v) is 3.00. The Balaban J connectivity index is 2.18. The third-order valence-corrected chi connectivity index (χ3v) is 3.98. The first-order chi connectivity index (χ1) is 8.27. The number of nitrogens with one attached hydrogen (secondary N) is 1. The van der Waals surface area contributed by atoms with Crippen molar-refractivity contribution >= 4 is 0 Å². The molecule has 0 aromatic rings. The normalized spacial score (nSPS) is 23.8. The van der Waals surface area contributed by atoms with Gasteiger partial charge in [0.15, 0.2) is 0 Å². The van der Waals surface area contributed by atoms with Crippen LogP contribution in [0.4, 0.5) is 0 Å². The summed E-state index contributed by atoms with van der Waals surface area (Å²) in [6.07, 6.45) is 9.60. The van der Waals surface area contributed by atoms with Gasteiger partial charge in [-0.3, -0.25) is 4.90 Å². The number of hydrogen-bond acceptors (Lipinski definition) is 2. The van der Waals surface area contributed by atoms with E-state index in [4.69, 9.17) is 0 Å². The highest BCUT2D eigenvalue weighted by molar-refractivity contribution is 4.77. The lowest BCUT2D eigenvalue weighted by atomic mass is 9.98. The van der Waals surface area contributed by atoms with Crippen LogP contribution in [0.2, 0.25) is 0 Å². The SMILES string of the molecule is CCCC(C)NCCN1CCCCC1CCC. The molecule has 1 N–H and O–H groups in total. The number of hydrogen-bond donors (Lipinski definition) is 1. The van der Waals surface area contributed by atoms with E-state index in [1.807, 2.05) is 0 Å². The van der Waals surface area contributed by atoms with Gasteiger partial charge in [-0.05, 0) is 39.2 Å². The molecule has 1 heterocycles. The van der Waals surface area contributed by atoms with E-state index in [0.717, 1.165) is 6.04 Å². The molecule has 0 radical (unpaired) electrons. The van der Waals surface area contributed by atoms with Crippen LogP contribution >= 0.6 is 0 Å². The second kappa shape index (κ2) is 8.93. The molecule has 1 aliphatic heterocycles. The van der Waals surface area contributed by atoms with E-state index >= 15 is 0 Å². The summed E-state index contributed by atoms with van der Waals surface area (Å²) < 4.78 is 0. The molecule has 1 aliphatic rings. The number of piperidine rings is 1. The predicted octanol–water partition coefficient (Wildman–Crippen LogP) is 3.42. The summed E-state index contributed by atoms with van der Waals surface area (Å²) in [4.78, 5) is 2.72. The zero-order valence-corrected chi connectivity index (χ0v) is 12.2. The van der Waals surface area contributed by atoms with E-state index in [9.17, 15) is 0 Å². The molecule has 2 heteroatoms. The zero-order valence-electron chi connectivity index (χ0n) is 12.2. The average molecular weight is 240 g/mol. The maximum absolute atomic E-state index is 3.65. The Morgan fingerprint density at radius 1 is 1.24 bits per heavy atom. The Hall–Kier alpha value is -0.0800. The van der Waals surface area contributed by atoms with Crippen LogP contribution in [0.15, 0.2) is 0 Å². The predicted molar refractivity (Wildman–Crippen MR) is 76.5 cm³/mol. The molecule has 0 saturated carbocycles. The van der Waals surface area contributed by atoms with Crippen LogP contribution in [0.25, 0.3) is 0 Å². The van der Waals surface area contributed by atoms with Crippen molar-refractivity contribution < 1.29 is 0 Å². The molecule has 0 spiro atoms. The smallest absolute Gasteiger partial charge is 0.0110 e. The first-order valence-corrected chi connectivity index (χ1v) is 7.75. The van der Waals surface area contributed by atoms with Crippen LogP contribution in [0, 0.1) is 0 Å². The van der Waals surface area contributed by atoms with Crippen LogP contribution in [-0.4, -0.2) is 36.6 Å². The van der Waals surface area contributed by atoms with Crippen LogP contribution in [0.5, 0.6) is 0 Å². The van der Waals surface area contributed by atoms with Gasteiger partial charge in [-0.15, -0.1) is 0 Å². The van der Waals surface area contributed by atoms with Crippen LogP contribution in [0.1, 0.15) is 65.7 Å². The lowest BCUT2D eigenvalue weighted by Gasteiger charge is -2.36. The van der Waals surface area contributed by atoms with Crippen molar-refractivity contribution in [2.45, 2.75) is 77.8 Å². The molecule has 2 nitrogen and oxygen atoms in total. The zero-order chi connectivity index (χ0) is 12.5. The van der Waals surface area contributed by atoms with Gasteiger partial charge in [0.25, 0.3) is 0 Å². The van der Waals surface area contributed by atoms with E-state index < -0.39 is 0 Å². The molecule has 0 bridgehead atoms. The van der Waals surface area contributed by atoms with Gasteiger partial charge in [0.05, 0.1) is 0 Å². The largest absolute Gasteiger partial charge is 0.313 e. The summed E-state index contributed by atoms with van der Waals surface area (Å²) >= 11 is 0. The second-order valence-corrected chi connectivity index (χ2v) is 5.62. The van der Waals surface area contributed by atoms with E-state index in [1.165, 1.54) is 64.6 Å². The molecule has 1 fully saturated rings. The monoisotopic (exact) mass is 240 g/mol. The van der Waals surface area contributed by atoms with E-state index in [0.29, 0.717) is 6.04 Å². The van der Waals surface area contributed by atoms with Gasteiger partial charge in [0, 0.05) is 25.2 Å². The molecule has 1 rings (SSSR count). The van der Waals surface area contributed by atoms with Gasteiger partial charge in [0.1, 0.15) is 0 Å². The number of likely N-dealkylation sites (tertiary alicyclic amines) is 1. The molecule has 17 heavy (non-hydrogen) atoms. The fraction of sp³-hybridized carbons (Fsp3) is 1.00. The molecule has 2 unspecified atom stereocenters. The van der Waals surface area contributed by atoms with Crippen molar-refractivity contribution in [3.8, 4) is 0 Å². The summed E-state index contributed by atoms with van der Waals surface area (Å²) in [6.45, 7) is 10.6. The minimum absolute atomic E-state index is 0.689. The van der Waals surface area contributed by atoms with Gasteiger partial charge in [0.2, 0.25) is 0 Å². The number of rotatable bonds is 8. The quantitative estimate of drug-likeness (QED) is 0.699. The second-order valence-electron chi connectivity index (χ2n) is 5.62. The van der Waals surface area contributed by atoms with Gasteiger partial charge in [-0.25, -0.2) is 0 Å². The molecular weight excluding hydrogens is 208 g/mol. The number of nitrogens with zero attached hydrogens (tertiary/aromatic N) is 1. The minimum atomic E-state index is 0.689. The first-order valence-electron chi connectivity index (χ1n) is 7.75. The third-order valence-electron chi connectivity index (χ3n) is 3.98. The van der Waals surface area contributed by atoms with Crippen LogP contribution in [0.3, 0.4) is 0 Å². The molecule has 0 amide bonds. The van der Waals surface area contributed by atoms with E-state index in [-0.39, 0.29) is 0 Å². The highest BCUT2D eigenvalue weighted by atomic mass is 15.2. The van der Waals surface area contributed by atoms with Crippen molar-refractivity contribution in [1.82, 2.24) is 10.2 Å². The summed E-state index contributed by atoms with van der Waals surface area (Å²) in [5.41, 5.74) is 0. The third kappa shape index (κ3) is 5.87. The molecular formula is C15H32N2. The summed E-state index contributed by atoms with van der Waals surface area (Å²) in [7, 11) is 0. The summed E-state index contributed by atoms with van der Waals surface area (Å²) in [5, 5.41) is 3.65. The van der Waals surface area contributed by atoms with Gasteiger partial charge >= 0.3 is 0 Å². The topological polar surface area (TPSA) is 15.3 Å². The molecule has 1 saturated heterocycles. The Bertz CT molecular complexity index is 180. The molecule has 0 aromatic carbocycles. The standard InChI is InChI=1S/C15H32N2/c1-4-8-14(3)16-11-13-17-12-7-6-10-15(17)9-5-2/h14-16H,4-13H2,1-3H3. The molecule has 2 atom stereocenters. The van der Waals surface area contributed by atoms with Crippen molar-refractivity contribution in [3.63, 3.8) is 0 Å². The van der Waals surface area contributed by atoms with Gasteiger partial charge < -0.3 is 5.32 Å². The summed E-state index contributed by atoms with van der Waals surface area (Å²) in [5.74, 6) is 0. The van der Waals surface area contributed by atoms with Crippen molar-refractivity contribution in [1.29, 1.82) is 0 Å². The van der Waals surface area contributed by atoms with Gasteiger partial charge in [-0.2, -0.15) is 0 Å². The maximum atomic E-state index is 3.65. The Kier molecular flexibility index (Phi) is 7.87. The molecule has 0 aliphatic carbocycles. The molecule has 0 aromatic heterocycles. The van der Waals surface area contributed by atoms with Crippen LogP contribution < -0.4 is 5.32 Å². The maximum Gasteiger partial charge on any atom is 0.0110 e. The van der Waals surface area contributed by atoms with Gasteiger partial charge in [-0.1, -0.05) is 33.1 Å². The fourth-order valence-electron chi connectivity index (χ4n) is 3.00. The first kappa shape index (κ1) is 15.0. The average Bonchev–Trinajstić information content (AvgIpc) is 2.32. The van der Waals surface area contributed by atoms with E-state index in [2.05, 4.69) is 31.0 Å². The van der Waals surface area contributed by atoms with E-state index in [1.54, 1.807) is 0 Å².